The Morgan fingerprint density at radius 1 is 0.565 bits per heavy atom. The second kappa shape index (κ2) is 30.0. The highest BCUT2D eigenvalue weighted by Gasteiger charge is 2.57. The molecule has 0 aromatic carbocycles. The molecule has 0 aliphatic rings. The van der Waals surface area contributed by atoms with Crippen LogP contribution in [0.5, 0.6) is 0 Å². The predicted molar refractivity (Wildman–Crippen MR) is 194 cm³/mol. The third-order valence-corrected chi connectivity index (χ3v) is 10.5. The monoisotopic (exact) mass is 670 g/mol. The molecule has 0 saturated heterocycles. The number of unbranched alkanes of at least 4 members (excludes halogenated alkanes) is 22. The quantitative estimate of drug-likeness (QED) is 0.0304. The van der Waals surface area contributed by atoms with Gasteiger partial charge < -0.3 is 20.6 Å². The normalized spacial score (nSPS) is 14.3. The number of ketones is 2. The Morgan fingerprint density at radius 3 is 1.22 bits per heavy atom. The molecule has 0 aliphatic carbocycles. The first-order valence-corrected chi connectivity index (χ1v) is 20.6. The van der Waals surface area contributed by atoms with Gasteiger partial charge in [0.1, 0.15) is 6.10 Å². The fourth-order valence-corrected chi connectivity index (χ4v) is 6.68. The van der Waals surface area contributed by atoms with Crippen LogP contribution in [-0.4, -0.2) is 37.8 Å². The van der Waals surface area contributed by atoms with Crippen LogP contribution in [0.15, 0.2) is 24.3 Å². The molecule has 0 aliphatic heterocycles. The van der Waals surface area contributed by atoms with Crippen molar-refractivity contribution in [1.82, 2.24) is 0 Å². The lowest BCUT2D eigenvalue weighted by Gasteiger charge is -2.32. The Bertz CT molecular complexity index is 854. The van der Waals surface area contributed by atoms with E-state index in [0.717, 1.165) is 77.0 Å². The summed E-state index contributed by atoms with van der Waals surface area (Å²) in [5.41, 5.74) is 5.88. The SMILES string of the molecule is CCCCCCCC/C=C/CCCCCCCC(=O)C(O)C(N)(C(=O)CCCCCCC/C=C/CCCCCCCC)P(=O)(O)O. The number of rotatable bonds is 34. The average molecular weight is 670 g/mol. The first-order valence-electron chi connectivity index (χ1n) is 19.0. The molecule has 0 radical (unpaired) electrons. The summed E-state index contributed by atoms with van der Waals surface area (Å²) in [6.45, 7) is 4.47. The lowest BCUT2D eigenvalue weighted by molar-refractivity contribution is -0.136. The number of hydrogen-bond donors (Lipinski definition) is 4. The van der Waals surface area contributed by atoms with E-state index in [4.69, 9.17) is 5.73 Å². The molecule has 0 amide bonds. The van der Waals surface area contributed by atoms with Crippen molar-refractivity contribution < 1.29 is 29.0 Å². The zero-order valence-corrected chi connectivity index (χ0v) is 30.7. The number of nitrogens with two attached hydrogens (primary N) is 1. The van der Waals surface area contributed by atoms with Crippen LogP contribution in [0.25, 0.3) is 0 Å². The van der Waals surface area contributed by atoms with E-state index in [2.05, 4.69) is 38.2 Å². The van der Waals surface area contributed by atoms with Crippen molar-refractivity contribution in [3.05, 3.63) is 24.3 Å². The molecule has 8 heteroatoms. The van der Waals surface area contributed by atoms with Gasteiger partial charge in [0.05, 0.1) is 0 Å². The topological polar surface area (TPSA) is 138 Å². The van der Waals surface area contributed by atoms with Crippen LogP contribution in [0, 0.1) is 0 Å². The van der Waals surface area contributed by atoms with Crippen molar-refractivity contribution >= 4 is 19.2 Å². The maximum atomic E-state index is 12.9. The van der Waals surface area contributed by atoms with Gasteiger partial charge in [-0.25, -0.2) is 0 Å². The Hall–Kier alpha value is -1.11. The number of allylic oxidation sites excluding steroid dienone is 4. The summed E-state index contributed by atoms with van der Waals surface area (Å²) in [6, 6.07) is 0. The molecule has 5 N–H and O–H groups in total. The van der Waals surface area contributed by atoms with Crippen LogP contribution in [0.3, 0.4) is 0 Å². The first-order chi connectivity index (χ1) is 22.1. The van der Waals surface area contributed by atoms with Gasteiger partial charge in [-0.05, 0) is 64.2 Å². The van der Waals surface area contributed by atoms with Gasteiger partial charge in [-0.1, -0.05) is 141 Å². The van der Waals surface area contributed by atoms with E-state index in [1.165, 1.54) is 77.0 Å². The molecule has 46 heavy (non-hydrogen) atoms. The highest BCUT2D eigenvalue weighted by Crippen LogP contribution is 2.50. The third kappa shape index (κ3) is 22.5. The minimum Gasteiger partial charge on any atom is -0.382 e. The molecular weight excluding hydrogens is 597 g/mol. The third-order valence-electron chi connectivity index (χ3n) is 9.00. The number of hydrogen-bond acceptors (Lipinski definition) is 5. The molecule has 0 aromatic rings. The average Bonchev–Trinajstić information content (AvgIpc) is 3.03. The van der Waals surface area contributed by atoms with E-state index >= 15 is 0 Å². The van der Waals surface area contributed by atoms with Crippen LogP contribution in [0.2, 0.25) is 0 Å². The van der Waals surface area contributed by atoms with Gasteiger partial charge in [0.25, 0.3) is 0 Å². The molecule has 2 atom stereocenters. The maximum absolute atomic E-state index is 12.9. The standard InChI is InChI=1S/C38H72NO6P/c1-3-5-7-9-11-13-15-17-19-21-23-25-27-29-31-33-35(40)37(42)38(39,46(43,44)45)36(41)34-32-30-28-26-24-22-20-18-16-14-12-10-8-6-4-2/h17-20,37,42H,3-16,21-34,39H2,1-2H3,(H2,43,44,45)/b19-17+,20-18+. The van der Waals surface area contributed by atoms with E-state index in [9.17, 15) is 29.0 Å². The Labute approximate surface area is 282 Å². The fraction of sp³-hybridized carbons (Fsp3) is 0.842. The van der Waals surface area contributed by atoms with Crippen LogP contribution < -0.4 is 5.73 Å². The Morgan fingerprint density at radius 2 is 0.870 bits per heavy atom. The summed E-state index contributed by atoms with van der Waals surface area (Å²) in [6.07, 6.45) is 35.1. The number of carbonyl (C=O) groups is 2. The minimum atomic E-state index is -5.28. The molecule has 0 fully saturated rings. The Balaban J connectivity index is 4.16. The molecule has 0 rings (SSSR count). The molecule has 0 saturated carbocycles. The van der Waals surface area contributed by atoms with E-state index in [1.807, 2.05) is 0 Å². The van der Waals surface area contributed by atoms with Crippen molar-refractivity contribution in [2.45, 2.75) is 205 Å². The molecule has 0 bridgehead atoms. The van der Waals surface area contributed by atoms with Gasteiger partial charge in [0, 0.05) is 12.8 Å². The van der Waals surface area contributed by atoms with Crippen LogP contribution in [0.4, 0.5) is 0 Å². The lowest BCUT2D eigenvalue weighted by atomic mass is 9.95. The molecular formula is C38H72NO6P. The summed E-state index contributed by atoms with van der Waals surface area (Å²) < 4.78 is 12.2. The highest BCUT2D eigenvalue weighted by atomic mass is 31.2. The summed E-state index contributed by atoms with van der Waals surface area (Å²) >= 11 is 0. The molecule has 0 spiro atoms. The number of carbonyl (C=O) groups excluding carboxylic acids is 2. The Kier molecular flexibility index (Phi) is 29.3. The second-order valence-electron chi connectivity index (χ2n) is 13.3. The van der Waals surface area contributed by atoms with Crippen molar-refractivity contribution in [3.63, 3.8) is 0 Å². The minimum absolute atomic E-state index is 0.0566. The van der Waals surface area contributed by atoms with Crippen LogP contribution in [-0.2, 0) is 14.2 Å². The molecule has 2 unspecified atom stereocenters. The van der Waals surface area contributed by atoms with E-state index < -0.39 is 30.5 Å². The van der Waals surface area contributed by atoms with Crippen molar-refractivity contribution in [3.8, 4) is 0 Å². The zero-order valence-electron chi connectivity index (χ0n) is 29.8. The maximum Gasteiger partial charge on any atom is 0.356 e. The van der Waals surface area contributed by atoms with Crippen molar-refractivity contribution in [2.75, 3.05) is 0 Å². The smallest absolute Gasteiger partial charge is 0.356 e. The van der Waals surface area contributed by atoms with Gasteiger partial charge >= 0.3 is 7.60 Å². The number of aliphatic hydroxyl groups excluding tert-OH is 1. The molecule has 7 nitrogen and oxygen atoms in total. The molecule has 0 heterocycles. The summed E-state index contributed by atoms with van der Waals surface area (Å²) in [4.78, 5) is 45.3. The summed E-state index contributed by atoms with van der Waals surface area (Å²) in [7, 11) is -5.28. The highest BCUT2D eigenvalue weighted by molar-refractivity contribution is 7.55. The largest absolute Gasteiger partial charge is 0.382 e. The lowest BCUT2D eigenvalue weighted by Crippen LogP contribution is -2.59. The van der Waals surface area contributed by atoms with Crippen LogP contribution >= 0.6 is 7.60 Å². The van der Waals surface area contributed by atoms with Gasteiger partial charge in [-0.2, -0.15) is 0 Å². The summed E-state index contributed by atoms with van der Waals surface area (Å²) in [5, 5.41) is 7.70. The van der Waals surface area contributed by atoms with E-state index in [-0.39, 0.29) is 12.8 Å². The van der Waals surface area contributed by atoms with E-state index in [0.29, 0.717) is 12.8 Å². The second-order valence-corrected chi connectivity index (χ2v) is 15.2. The first kappa shape index (κ1) is 44.9. The van der Waals surface area contributed by atoms with Gasteiger partial charge in [-0.3, -0.25) is 14.2 Å². The zero-order chi connectivity index (χ0) is 34.4. The van der Waals surface area contributed by atoms with Gasteiger partial charge in [0.2, 0.25) is 5.28 Å². The number of Topliss-reactive ketones (excluding diaryl/α,β-unsaturated/α-hetero) is 2. The van der Waals surface area contributed by atoms with Crippen molar-refractivity contribution in [1.29, 1.82) is 0 Å². The van der Waals surface area contributed by atoms with Crippen LogP contribution in [0.1, 0.15) is 194 Å². The van der Waals surface area contributed by atoms with Gasteiger partial charge in [0.15, 0.2) is 11.6 Å². The van der Waals surface area contributed by atoms with Gasteiger partial charge in [-0.15, -0.1) is 0 Å². The fourth-order valence-electron chi connectivity index (χ4n) is 5.78. The summed E-state index contributed by atoms with van der Waals surface area (Å²) in [5.74, 6) is -1.72. The molecule has 0 aromatic heterocycles. The van der Waals surface area contributed by atoms with Crippen molar-refractivity contribution in [2.24, 2.45) is 5.73 Å². The number of aliphatic hydroxyl groups is 1. The molecule has 270 valence electrons. The predicted octanol–water partition coefficient (Wildman–Crippen LogP) is 10.4. The van der Waals surface area contributed by atoms with E-state index in [1.54, 1.807) is 0 Å².